The number of pyridine rings is 1. The summed E-state index contributed by atoms with van der Waals surface area (Å²) in [5.41, 5.74) is 4.00. The summed E-state index contributed by atoms with van der Waals surface area (Å²) in [4.78, 5) is 21.3. The van der Waals surface area contributed by atoms with Crippen LogP contribution in [0.2, 0.25) is 10.0 Å². The summed E-state index contributed by atoms with van der Waals surface area (Å²) >= 11 is 13.5. The highest BCUT2D eigenvalue weighted by Gasteiger charge is 2.16. The van der Waals surface area contributed by atoms with Crippen LogP contribution in [0.5, 0.6) is 5.88 Å². The average Bonchev–Trinajstić information content (AvgIpc) is 3.25. The molecular weight excluding hydrogens is 445 g/mol. The SMILES string of the molecule is Cc1cc(C)c2c(OCC(=O)Nc3nc(-c4ccc(Cl)cc4Cl)cs3)nn(C)c2n1. The Morgan fingerprint density at radius 3 is 2.80 bits per heavy atom. The third-order valence-electron chi connectivity index (χ3n) is 4.38. The van der Waals surface area contributed by atoms with Crippen LogP contribution in [0.15, 0.2) is 29.6 Å². The number of hydrogen-bond donors (Lipinski definition) is 1. The minimum absolute atomic E-state index is 0.198. The van der Waals surface area contributed by atoms with E-state index in [-0.39, 0.29) is 12.5 Å². The van der Waals surface area contributed by atoms with Crippen molar-refractivity contribution in [2.24, 2.45) is 7.05 Å². The van der Waals surface area contributed by atoms with Gasteiger partial charge in [0.15, 0.2) is 17.4 Å². The fourth-order valence-corrected chi connectivity index (χ4v) is 4.32. The van der Waals surface area contributed by atoms with E-state index in [1.54, 1.807) is 29.9 Å². The summed E-state index contributed by atoms with van der Waals surface area (Å²) in [5, 5.41) is 11.2. The highest BCUT2D eigenvalue weighted by molar-refractivity contribution is 7.14. The molecule has 1 N–H and O–H groups in total. The maximum Gasteiger partial charge on any atom is 0.264 e. The second-order valence-corrected chi connectivity index (χ2v) is 8.41. The van der Waals surface area contributed by atoms with Gasteiger partial charge in [0.05, 0.1) is 16.1 Å². The maximum absolute atomic E-state index is 12.4. The van der Waals surface area contributed by atoms with E-state index in [2.05, 4.69) is 20.4 Å². The number of carbonyl (C=O) groups excluding carboxylic acids is 1. The molecule has 0 aliphatic heterocycles. The van der Waals surface area contributed by atoms with E-state index < -0.39 is 0 Å². The van der Waals surface area contributed by atoms with E-state index in [4.69, 9.17) is 27.9 Å². The first-order valence-corrected chi connectivity index (χ1v) is 10.6. The Bertz CT molecular complexity index is 1270. The van der Waals surface area contributed by atoms with Gasteiger partial charge in [0.1, 0.15) is 0 Å². The number of ether oxygens (including phenoxy) is 1. The van der Waals surface area contributed by atoms with Crippen LogP contribution >= 0.6 is 34.5 Å². The summed E-state index contributed by atoms with van der Waals surface area (Å²) in [6.45, 7) is 3.69. The molecule has 4 aromatic rings. The molecule has 0 bridgehead atoms. The Morgan fingerprint density at radius 2 is 2.03 bits per heavy atom. The number of amides is 1. The molecule has 10 heteroatoms. The highest BCUT2D eigenvalue weighted by Crippen LogP contribution is 2.32. The van der Waals surface area contributed by atoms with Crippen molar-refractivity contribution in [1.82, 2.24) is 19.7 Å². The van der Waals surface area contributed by atoms with Gasteiger partial charge in [0, 0.05) is 28.7 Å². The molecule has 1 aromatic carbocycles. The molecular formula is C20H17Cl2N5O2S. The molecule has 0 aliphatic rings. The van der Waals surface area contributed by atoms with Gasteiger partial charge in [-0.3, -0.25) is 10.1 Å². The minimum Gasteiger partial charge on any atom is -0.466 e. The van der Waals surface area contributed by atoms with Gasteiger partial charge < -0.3 is 4.74 Å². The highest BCUT2D eigenvalue weighted by atomic mass is 35.5. The Kier molecular flexibility index (Phi) is 5.64. The number of fused-ring (bicyclic) bond motifs is 1. The van der Waals surface area contributed by atoms with Gasteiger partial charge in [-0.25, -0.2) is 14.6 Å². The lowest BCUT2D eigenvalue weighted by atomic mass is 10.2. The molecule has 7 nitrogen and oxygen atoms in total. The van der Waals surface area contributed by atoms with E-state index in [1.807, 2.05) is 25.3 Å². The van der Waals surface area contributed by atoms with Crippen LogP contribution in [0.1, 0.15) is 11.3 Å². The van der Waals surface area contributed by atoms with Crippen LogP contribution in [0.3, 0.4) is 0 Å². The number of benzene rings is 1. The first-order valence-electron chi connectivity index (χ1n) is 8.96. The van der Waals surface area contributed by atoms with Crippen molar-refractivity contribution in [2.45, 2.75) is 13.8 Å². The zero-order chi connectivity index (χ0) is 21.4. The second kappa shape index (κ2) is 8.22. The first kappa shape index (κ1) is 20.6. The Morgan fingerprint density at radius 1 is 1.23 bits per heavy atom. The van der Waals surface area contributed by atoms with Crippen LogP contribution in [0.25, 0.3) is 22.3 Å². The normalized spacial score (nSPS) is 11.1. The lowest BCUT2D eigenvalue weighted by Crippen LogP contribution is -2.20. The zero-order valence-corrected chi connectivity index (χ0v) is 18.7. The van der Waals surface area contributed by atoms with E-state index in [0.29, 0.717) is 32.4 Å². The maximum atomic E-state index is 12.4. The van der Waals surface area contributed by atoms with Gasteiger partial charge in [0.25, 0.3) is 5.91 Å². The number of thiazole rings is 1. The lowest BCUT2D eigenvalue weighted by Gasteiger charge is -2.05. The minimum atomic E-state index is -0.338. The van der Waals surface area contributed by atoms with Crippen molar-refractivity contribution in [1.29, 1.82) is 0 Å². The van der Waals surface area contributed by atoms with E-state index in [1.165, 1.54) is 11.3 Å². The largest absolute Gasteiger partial charge is 0.466 e. The van der Waals surface area contributed by atoms with E-state index in [0.717, 1.165) is 22.2 Å². The third kappa shape index (κ3) is 4.12. The quantitative estimate of drug-likeness (QED) is 0.450. The van der Waals surface area contributed by atoms with Gasteiger partial charge in [-0.05, 0) is 43.7 Å². The number of carbonyl (C=O) groups is 1. The second-order valence-electron chi connectivity index (χ2n) is 6.71. The zero-order valence-electron chi connectivity index (χ0n) is 16.4. The summed E-state index contributed by atoms with van der Waals surface area (Å²) in [7, 11) is 1.79. The van der Waals surface area contributed by atoms with Crippen LogP contribution in [0.4, 0.5) is 5.13 Å². The molecule has 4 rings (SSSR count). The topological polar surface area (TPSA) is 81.9 Å². The molecule has 0 atom stereocenters. The number of rotatable bonds is 5. The fraction of sp³-hybridized carbons (Fsp3) is 0.200. The molecule has 0 radical (unpaired) electrons. The third-order valence-corrected chi connectivity index (χ3v) is 5.69. The number of aromatic nitrogens is 4. The molecule has 0 spiro atoms. The fourth-order valence-electron chi connectivity index (χ4n) is 3.09. The van der Waals surface area contributed by atoms with Crippen molar-refractivity contribution < 1.29 is 9.53 Å². The Hall–Kier alpha value is -2.68. The molecule has 3 heterocycles. The molecule has 30 heavy (non-hydrogen) atoms. The molecule has 3 aromatic heterocycles. The van der Waals surface area contributed by atoms with Crippen molar-refractivity contribution >= 4 is 56.6 Å². The summed E-state index contributed by atoms with van der Waals surface area (Å²) in [5.74, 6) is 0.0371. The van der Waals surface area contributed by atoms with Crippen LogP contribution in [0, 0.1) is 13.8 Å². The number of hydrogen-bond acceptors (Lipinski definition) is 6. The number of aryl methyl sites for hydroxylation is 3. The van der Waals surface area contributed by atoms with Crippen LogP contribution < -0.4 is 10.1 Å². The molecule has 1 amide bonds. The molecule has 0 unspecified atom stereocenters. The number of nitrogens with zero attached hydrogens (tertiary/aromatic N) is 4. The molecule has 0 aliphatic carbocycles. The monoisotopic (exact) mass is 461 g/mol. The molecule has 0 saturated carbocycles. The van der Waals surface area contributed by atoms with Crippen LogP contribution in [-0.4, -0.2) is 32.3 Å². The van der Waals surface area contributed by atoms with Gasteiger partial charge in [-0.2, -0.15) is 0 Å². The first-order chi connectivity index (χ1) is 14.3. The summed E-state index contributed by atoms with van der Waals surface area (Å²) in [6, 6.07) is 7.14. The van der Waals surface area contributed by atoms with Crippen molar-refractivity contribution in [3.63, 3.8) is 0 Å². The van der Waals surface area contributed by atoms with Gasteiger partial charge >= 0.3 is 0 Å². The van der Waals surface area contributed by atoms with Crippen molar-refractivity contribution in [2.75, 3.05) is 11.9 Å². The van der Waals surface area contributed by atoms with Crippen molar-refractivity contribution in [3.8, 4) is 17.1 Å². The van der Waals surface area contributed by atoms with Crippen molar-refractivity contribution in [3.05, 3.63) is 50.9 Å². The number of anilines is 1. The molecule has 0 saturated heterocycles. The van der Waals surface area contributed by atoms with E-state index in [9.17, 15) is 4.79 Å². The molecule has 154 valence electrons. The van der Waals surface area contributed by atoms with E-state index >= 15 is 0 Å². The lowest BCUT2D eigenvalue weighted by molar-refractivity contribution is -0.118. The number of nitrogens with one attached hydrogen (secondary N) is 1. The Balaban J connectivity index is 1.45. The average molecular weight is 462 g/mol. The summed E-state index contributed by atoms with van der Waals surface area (Å²) in [6.07, 6.45) is 0. The van der Waals surface area contributed by atoms with Gasteiger partial charge in [0.2, 0.25) is 5.88 Å². The number of halogens is 2. The van der Waals surface area contributed by atoms with Gasteiger partial charge in [-0.15, -0.1) is 16.4 Å². The van der Waals surface area contributed by atoms with Gasteiger partial charge in [-0.1, -0.05) is 23.2 Å². The van der Waals surface area contributed by atoms with Crippen LogP contribution in [-0.2, 0) is 11.8 Å². The predicted molar refractivity (Wildman–Crippen MR) is 120 cm³/mol. The molecule has 0 fully saturated rings. The standard InChI is InChI=1S/C20H17Cl2N5O2S/c1-10-6-11(2)23-18-17(10)19(26-27(18)3)29-8-16(28)25-20-24-15(9-30-20)13-5-4-12(21)7-14(13)22/h4-7,9H,8H2,1-3H3,(H,24,25,28). The summed E-state index contributed by atoms with van der Waals surface area (Å²) < 4.78 is 7.32. The Labute approximate surface area is 186 Å². The predicted octanol–water partition coefficient (Wildman–Crippen LogP) is 5.03. The smallest absolute Gasteiger partial charge is 0.264 e.